The third kappa shape index (κ3) is 2.84. The Morgan fingerprint density at radius 3 is 2.93 bits per heavy atom. The van der Waals surface area contributed by atoms with E-state index >= 15 is 0 Å². The maximum atomic E-state index is 11.6. The van der Waals surface area contributed by atoms with Crippen LogP contribution in [-0.4, -0.2) is 42.6 Å². The number of carbonyl (C=O) groups excluding carboxylic acids is 1. The van der Waals surface area contributed by atoms with E-state index in [0.717, 1.165) is 6.54 Å². The molecule has 1 aliphatic rings. The molecule has 6 heteroatoms. The molecule has 0 aromatic rings. The second-order valence-corrected chi connectivity index (χ2v) is 3.45. The number of azide groups is 1. The van der Waals surface area contributed by atoms with Crippen molar-refractivity contribution in [3.63, 3.8) is 0 Å². The summed E-state index contributed by atoms with van der Waals surface area (Å²) < 4.78 is 4.97. The Morgan fingerprint density at radius 1 is 1.67 bits per heavy atom. The van der Waals surface area contributed by atoms with Crippen LogP contribution in [0.5, 0.6) is 0 Å². The van der Waals surface area contributed by atoms with E-state index in [1.54, 1.807) is 6.92 Å². The highest BCUT2D eigenvalue weighted by atomic mass is 16.5. The molecule has 0 aromatic carbocycles. The molecular formula is C9H16N4O2. The molecule has 0 saturated carbocycles. The average Bonchev–Trinajstić information content (AvgIpc) is 2.62. The minimum atomic E-state index is -0.245. The van der Waals surface area contributed by atoms with Crippen molar-refractivity contribution in [2.45, 2.75) is 32.4 Å². The Kier molecular flexibility index (Phi) is 4.39. The summed E-state index contributed by atoms with van der Waals surface area (Å²) in [5.41, 5.74) is 8.34. The van der Waals surface area contributed by atoms with Gasteiger partial charge in [-0.05, 0) is 25.4 Å². The van der Waals surface area contributed by atoms with Gasteiger partial charge in [0.05, 0.1) is 12.6 Å². The Hall–Kier alpha value is -1.26. The Balaban J connectivity index is 2.63. The topological polar surface area (TPSA) is 78.3 Å². The van der Waals surface area contributed by atoms with E-state index < -0.39 is 0 Å². The molecule has 2 atom stereocenters. The minimum Gasteiger partial charge on any atom is -0.465 e. The molecule has 1 aliphatic heterocycles. The van der Waals surface area contributed by atoms with Gasteiger partial charge >= 0.3 is 5.97 Å². The Morgan fingerprint density at radius 2 is 2.40 bits per heavy atom. The van der Waals surface area contributed by atoms with E-state index in [9.17, 15) is 4.79 Å². The summed E-state index contributed by atoms with van der Waals surface area (Å²) in [5, 5.41) is 3.65. The van der Waals surface area contributed by atoms with Crippen LogP contribution in [0, 0.1) is 0 Å². The molecule has 0 aliphatic carbocycles. The first kappa shape index (κ1) is 11.8. The number of rotatable bonds is 4. The van der Waals surface area contributed by atoms with Gasteiger partial charge < -0.3 is 4.74 Å². The number of ether oxygens (including phenoxy) is 1. The lowest BCUT2D eigenvalue weighted by molar-refractivity contribution is -0.148. The second kappa shape index (κ2) is 5.58. The van der Waals surface area contributed by atoms with Crippen LogP contribution < -0.4 is 0 Å². The molecular weight excluding hydrogens is 196 g/mol. The minimum absolute atomic E-state index is 0.107. The lowest BCUT2D eigenvalue weighted by atomic mass is 10.2. The number of esters is 1. The summed E-state index contributed by atoms with van der Waals surface area (Å²) in [6.45, 7) is 5.56. The highest BCUT2D eigenvalue weighted by Gasteiger charge is 2.36. The average molecular weight is 212 g/mol. The van der Waals surface area contributed by atoms with Crippen LogP contribution in [0.15, 0.2) is 5.11 Å². The first-order valence-electron chi connectivity index (χ1n) is 5.17. The van der Waals surface area contributed by atoms with Crippen molar-refractivity contribution in [1.29, 1.82) is 0 Å². The smallest absolute Gasteiger partial charge is 0.323 e. The predicted molar refractivity (Wildman–Crippen MR) is 55.2 cm³/mol. The Labute approximate surface area is 88.8 Å². The standard InChI is InChI=1S/C9H16N4O2/c1-3-13-6-7(11-12-10)5-8(13)9(14)15-4-2/h7-8H,3-6H2,1-2H3/t7-,8+/m0/s1. The van der Waals surface area contributed by atoms with Crippen LogP contribution in [-0.2, 0) is 9.53 Å². The van der Waals surface area contributed by atoms with Gasteiger partial charge in [0, 0.05) is 11.5 Å². The molecule has 0 spiro atoms. The summed E-state index contributed by atoms with van der Waals surface area (Å²) in [4.78, 5) is 16.3. The summed E-state index contributed by atoms with van der Waals surface area (Å²) in [6, 6.07) is -0.352. The van der Waals surface area contributed by atoms with Crippen molar-refractivity contribution < 1.29 is 9.53 Å². The molecule has 0 bridgehead atoms. The monoisotopic (exact) mass is 212 g/mol. The zero-order valence-corrected chi connectivity index (χ0v) is 9.09. The zero-order chi connectivity index (χ0) is 11.3. The van der Waals surface area contributed by atoms with Crippen molar-refractivity contribution in [1.82, 2.24) is 4.90 Å². The molecule has 0 radical (unpaired) electrons. The summed E-state index contributed by atoms with van der Waals surface area (Å²) in [6.07, 6.45) is 0.566. The van der Waals surface area contributed by atoms with Crippen LogP contribution in [0.3, 0.4) is 0 Å². The highest BCUT2D eigenvalue weighted by Crippen LogP contribution is 2.21. The maximum absolute atomic E-state index is 11.6. The molecule has 0 aromatic heterocycles. The van der Waals surface area contributed by atoms with Crippen molar-refractivity contribution >= 4 is 5.97 Å². The van der Waals surface area contributed by atoms with E-state index in [2.05, 4.69) is 10.0 Å². The van der Waals surface area contributed by atoms with Crippen LogP contribution in [0.25, 0.3) is 10.4 Å². The fourth-order valence-electron chi connectivity index (χ4n) is 1.87. The lowest BCUT2D eigenvalue weighted by Gasteiger charge is -2.20. The summed E-state index contributed by atoms with van der Waals surface area (Å²) in [5.74, 6) is -0.213. The van der Waals surface area contributed by atoms with E-state index in [0.29, 0.717) is 19.6 Å². The van der Waals surface area contributed by atoms with Crippen molar-refractivity contribution in [3.05, 3.63) is 10.4 Å². The molecule has 1 heterocycles. The molecule has 15 heavy (non-hydrogen) atoms. The molecule has 0 amide bonds. The fourth-order valence-corrected chi connectivity index (χ4v) is 1.87. The third-order valence-corrected chi connectivity index (χ3v) is 2.56. The zero-order valence-electron chi connectivity index (χ0n) is 9.09. The van der Waals surface area contributed by atoms with Gasteiger partial charge in [-0.1, -0.05) is 12.0 Å². The number of hydrogen-bond donors (Lipinski definition) is 0. The summed E-state index contributed by atoms with van der Waals surface area (Å²) >= 11 is 0. The highest BCUT2D eigenvalue weighted by molar-refractivity contribution is 5.76. The Bertz CT molecular complexity index is 275. The van der Waals surface area contributed by atoms with E-state index in [1.165, 1.54) is 0 Å². The van der Waals surface area contributed by atoms with Gasteiger partial charge in [0.1, 0.15) is 6.04 Å². The fraction of sp³-hybridized carbons (Fsp3) is 0.889. The first-order chi connectivity index (χ1) is 7.22. The van der Waals surface area contributed by atoms with Crippen LogP contribution in [0.4, 0.5) is 0 Å². The van der Waals surface area contributed by atoms with Gasteiger partial charge in [0.2, 0.25) is 0 Å². The van der Waals surface area contributed by atoms with Gasteiger partial charge in [-0.2, -0.15) is 0 Å². The normalized spacial score (nSPS) is 26.0. The number of likely N-dealkylation sites (N-methyl/N-ethyl adjacent to an activating group) is 1. The second-order valence-electron chi connectivity index (χ2n) is 3.45. The number of likely N-dealkylation sites (tertiary alicyclic amines) is 1. The summed E-state index contributed by atoms with van der Waals surface area (Å²) in [7, 11) is 0. The largest absolute Gasteiger partial charge is 0.465 e. The number of nitrogens with zero attached hydrogens (tertiary/aromatic N) is 4. The van der Waals surface area contributed by atoms with Crippen molar-refractivity contribution in [2.75, 3.05) is 19.7 Å². The van der Waals surface area contributed by atoms with Crippen molar-refractivity contribution in [3.8, 4) is 0 Å². The predicted octanol–water partition coefficient (Wildman–Crippen LogP) is 1.32. The molecule has 1 saturated heterocycles. The quantitative estimate of drug-likeness (QED) is 0.305. The van der Waals surface area contributed by atoms with Gasteiger partial charge in [-0.3, -0.25) is 9.69 Å². The molecule has 1 rings (SSSR count). The third-order valence-electron chi connectivity index (χ3n) is 2.56. The van der Waals surface area contributed by atoms with E-state index in [-0.39, 0.29) is 18.1 Å². The van der Waals surface area contributed by atoms with Crippen LogP contribution >= 0.6 is 0 Å². The number of hydrogen-bond acceptors (Lipinski definition) is 4. The van der Waals surface area contributed by atoms with E-state index in [1.807, 2.05) is 11.8 Å². The maximum Gasteiger partial charge on any atom is 0.323 e. The van der Waals surface area contributed by atoms with Gasteiger partial charge in [0.15, 0.2) is 0 Å². The number of carbonyl (C=O) groups is 1. The first-order valence-corrected chi connectivity index (χ1v) is 5.17. The molecule has 0 N–H and O–H groups in total. The molecule has 6 nitrogen and oxygen atoms in total. The molecule has 84 valence electrons. The van der Waals surface area contributed by atoms with Gasteiger partial charge in [-0.15, -0.1) is 0 Å². The van der Waals surface area contributed by atoms with Crippen molar-refractivity contribution in [2.24, 2.45) is 5.11 Å². The lowest BCUT2D eigenvalue weighted by Crippen LogP contribution is -2.37. The van der Waals surface area contributed by atoms with E-state index in [4.69, 9.17) is 10.3 Å². The molecule has 1 fully saturated rings. The van der Waals surface area contributed by atoms with Crippen LogP contribution in [0.2, 0.25) is 0 Å². The van der Waals surface area contributed by atoms with Crippen LogP contribution in [0.1, 0.15) is 20.3 Å². The van der Waals surface area contributed by atoms with Gasteiger partial charge in [-0.25, -0.2) is 0 Å². The SMILES string of the molecule is CCOC(=O)[C@H]1C[C@H](N=[N+]=[N-])CN1CC. The van der Waals surface area contributed by atoms with Gasteiger partial charge in [0.25, 0.3) is 0 Å². The molecule has 0 unspecified atom stereocenters.